The van der Waals surface area contributed by atoms with Crippen LogP contribution in [-0.4, -0.2) is 24.7 Å². The monoisotopic (exact) mass is 320 g/mol. The summed E-state index contributed by atoms with van der Waals surface area (Å²) in [7, 11) is 0. The van der Waals surface area contributed by atoms with Crippen LogP contribution >= 0.6 is 0 Å². The highest BCUT2D eigenvalue weighted by Gasteiger charge is 2.20. The number of pyridine rings is 1. The number of hydrogen-bond acceptors (Lipinski definition) is 5. The van der Waals surface area contributed by atoms with E-state index in [0.29, 0.717) is 6.04 Å². The number of anilines is 2. The molecule has 24 heavy (non-hydrogen) atoms. The molecule has 0 radical (unpaired) electrons. The van der Waals surface area contributed by atoms with Gasteiger partial charge in [0.2, 0.25) is 0 Å². The molecule has 0 spiro atoms. The SMILES string of the molecule is CC(C)n1cc(Nc2nc(-c3cccnc3)nc3c2CCC3)cn1. The average molecular weight is 320 g/mol. The second-order valence-electron chi connectivity index (χ2n) is 6.34. The molecule has 3 aromatic heterocycles. The van der Waals surface area contributed by atoms with Crippen LogP contribution in [0.3, 0.4) is 0 Å². The number of nitrogens with one attached hydrogen (secondary N) is 1. The van der Waals surface area contributed by atoms with Crippen molar-refractivity contribution in [1.82, 2.24) is 24.7 Å². The second kappa shape index (κ2) is 6.03. The van der Waals surface area contributed by atoms with Crippen LogP contribution in [-0.2, 0) is 12.8 Å². The van der Waals surface area contributed by atoms with Crippen molar-refractivity contribution < 1.29 is 0 Å². The van der Waals surface area contributed by atoms with Gasteiger partial charge in [0.1, 0.15) is 5.82 Å². The quantitative estimate of drug-likeness (QED) is 0.796. The summed E-state index contributed by atoms with van der Waals surface area (Å²) in [5.41, 5.74) is 4.25. The molecule has 0 unspecified atom stereocenters. The molecule has 0 saturated heterocycles. The Hall–Kier alpha value is -2.76. The Morgan fingerprint density at radius 1 is 1.17 bits per heavy atom. The standard InChI is InChI=1S/C18H20N6/c1-12(2)24-11-14(10-20-24)21-18-15-6-3-7-16(15)22-17(23-18)13-5-4-8-19-9-13/h4-5,8-12H,3,6-7H2,1-2H3,(H,21,22,23). The molecule has 0 atom stereocenters. The molecule has 3 heterocycles. The predicted molar refractivity (Wildman–Crippen MR) is 93.2 cm³/mol. The van der Waals surface area contributed by atoms with Crippen LogP contribution in [0.15, 0.2) is 36.9 Å². The van der Waals surface area contributed by atoms with Gasteiger partial charge in [-0.05, 0) is 45.2 Å². The van der Waals surface area contributed by atoms with Crippen molar-refractivity contribution in [3.63, 3.8) is 0 Å². The van der Waals surface area contributed by atoms with Gasteiger partial charge in [0.25, 0.3) is 0 Å². The summed E-state index contributed by atoms with van der Waals surface area (Å²) in [6, 6.07) is 4.23. The summed E-state index contributed by atoms with van der Waals surface area (Å²) in [6.07, 6.45) is 10.6. The Bertz CT molecular complexity index is 853. The van der Waals surface area contributed by atoms with Crippen LogP contribution in [0.25, 0.3) is 11.4 Å². The maximum absolute atomic E-state index is 4.76. The lowest BCUT2D eigenvalue weighted by Gasteiger charge is -2.11. The van der Waals surface area contributed by atoms with Crippen LogP contribution in [0.4, 0.5) is 11.5 Å². The van der Waals surface area contributed by atoms with Crippen LogP contribution < -0.4 is 5.32 Å². The highest BCUT2D eigenvalue weighted by Crippen LogP contribution is 2.30. The fraction of sp³-hybridized carbons (Fsp3) is 0.333. The summed E-state index contributed by atoms with van der Waals surface area (Å²) >= 11 is 0. The fourth-order valence-electron chi connectivity index (χ4n) is 2.98. The summed E-state index contributed by atoms with van der Waals surface area (Å²) in [5, 5.41) is 7.82. The first-order valence-electron chi connectivity index (χ1n) is 8.32. The molecule has 0 aromatic carbocycles. The topological polar surface area (TPSA) is 68.5 Å². The molecule has 0 bridgehead atoms. The van der Waals surface area contributed by atoms with Gasteiger partial charge in [0.15, 0.2) is 5.82 Å². The molecule has 4 rings (SSSR count). The third kappa shape index (κ3) is 2.75. The Morgan fingerprint density at radius 2 is 2.08 bits per heavy atom. The average Bonchev–Trinajstić information content (AvgIpc) is 3.24. The van der Waals surface area contributed by atoms with E-state index >= 15 is 0 Å². The first-order chi connectivity index (χ1) is 11.7. The third-order valence-corrected chi connectivity index (χ3v) is 4.25. The molecular formula is C18H20N6. The molecule has 0 saturated carbocycles. The Balaban J connectivity index is 1.72. The van der Waals surface area contributed by atoms with Crippen molar-refractivity contribution >= 4 is 11.5 Å². The maximum atomic E-state index is 4.76. The third-order valence-electron chi connectivity index (χ3n) is 4.25. The Kier molecular flexibility index (Phi) is 3.72. The first kappa shape index (κ1) is 14.8. The maximum Gasteiger partial charge on any atom is 0.163 e. The van der Waals surface area contributed by atoms with E-state index in [2.05, 4.69) is 29.2 Å². The van der Waals surface area contributed by atoms with Gasteiger partial charge in [-0.25, -0.2) is 9.97 Å². The second-order valence-corrected chi connectivity index (χ2v) is 6.34. The Morgan fingerprint density at radius 3 is 2.83 bits per heavy atom. The molecule has 6 nitrogen and oxygen atoms in total. The van der Waals surface area contributed by atoms with E-state index in [1.165, 1.54) is 5.56 Å². The Labute approximate surface area is 141 Å². The lowest BCUT2D eigenvalue weighted by atomic mass is 10.2. The number of rotatable bonds is 4. The highest BCUT2D eigenvalue weighted by molar-refractivity contribution is 5.64. The van der Waals surface area contributed by atoms with Crippen LogP contribution in [0, 0.1) is 0 Å². The van der Waals surface area contributed by atoms with Gasteiger partial charge >= 0.3 is 0 Å². The normalized spacial score (nSPS) is 13.3. The number of hydrogen-bond donors (Lipinski definition) is 1. The lowest BCUT2D eigenvalue weighted by Crippen LogP contribution is -2.04. The fourth-order valence-corrected chi connectivity index (χ4v) is 2.98. The van der Waals surface area contributed by atoms with Gasteiger partial charge in [-0.2, -0.15) is 5.10 Å². The number of aromatic nitrogens is 5. The van der Waals surface area contributed by atoms with Gasteiger partial charge in [0.05, 0.1) is 11.9 Å². The zero-order valence-corrected chi connectivity index (χ0v) is 13.9. The summed E-state index contributed by atoms with van der Waals surface area (Å²) in [4.78, 5) is 13.7. The molecule has 3 aromatic rings. The molecule has 122 valence electrons. The molecule has 0 aliphatic heterocycles. The van der Waals surface area contributed by atoms with E-state index in [4.69, 9.17) is 9.97 Å². The smallest absolute Gasteiger partial charge is 0.163 e. The predicted octanol–water partition coefficient (Wildman–Crippen LogP) is 3.55. The van der Waals surface area contributed by atoms with Gasteiger partial charge in [0, 0.05) is 41.5 Å². The van der Waals surface area contributed by atoms with Crippen LogP contribution in [0.1, 0.15) is 37.6 Å². The van der Waals surface area contributed by atoms with Crippen molar-refractivity contribution in [2.75, 3.05) is 5.32 Å². The van der Waals surface area contributed by atoms with Gasteiger partial charge < -0.3 is 5.32 Å². The minimum atomic E-state index is 0.336. The van der Waals surface area contributed by atoms with E-state index in [1.807, 2.05) is 29.2 Å². The molecule has 0 fully saturated rings. The van der Waals surface area contributed by atoms with Crippen molar-refractivity contribution in [2.24, 2.45) is 0 Å². The van der Waals surface area contributed by atoms with Gasteiger partial charge in [-0.3, -0.25) is 9.67 Å². The lowest BCUT2D eigenvalue weighted by molar-refractivity contribution is 0.532. The summed E-state index contributed by atoms with van der Waals surface area (Å²) in [6.45, 7) is 4.22. The minimum Gasteiger partial charge on any atom is -0.337 e. The van der Waals surface area contributed by atoms with Crippen molar-refractivity contribution in [1.29, 1.82) is 0 Å². The van der Waals surface area contributed by atoms with Crippen LogP contribution in [0.5, 0.6) is 0 Å². The zero-order chi connectivity index (χ0) is 16.5. The van der Waals surface area contributed by atoms with Crippen molar-refractivity contribution in [3.05, 3.63) is 48.2 Å². The van der Waals surface area contributed by atoms with E-state index in [9.17, 15) is 0 Å². The highest BCUT2D eigenvalue weighted by atomic mass is 15.3. The van der Waals surface area contributed by atoms with E-state index < -0.39 is 0 Å². The first-order valence-corrected chi connectivity index (χ1v) is 8.32. The van der Waals surface area contributed by atoms with E-state index in [0.717, 1.165) is 47.8 Å². The van der Waals surface area contributed by atoms with Crippen molar-refractivity contribution in [2.45, 2.75) is 39.2 Å². The zero-order valence-electron chi connectivity index (χ0n) is 13.9. The van der Waals surface area contributed by atoms with E-state index in [-0.39, 0.29) is 0 Å². The van der Waals surface area contributed by atoms with Crippen molar-refractivity contribution in [3.8, 4) is 11.4 Å². The van der Waals surface area contributed by atoms with Gasteiger partial charge in [-0.15, -0.1) is 0 Å². The molecule has 1 N–H and O–H groups in total. The minimum absolute atomic E-state index is 0.336. The molecule has 1 aliphatic rings. The molecule has 0 amide bonds. The summed E-state index contributed by atoms with van der Waals surface area (Å²) < 4.78 is 1.94. The summed E-state index contributed by atoms with van der Waals surface area (Å²) in [5.74, 6) is 1.61. The van der Waals surface area contributed by atoms with Crippen LogP contribution in [0.2, 0.25) is 0 Å². The largest absolute Gasteiger partial charge is 0.337 e. The molecule has 6 heteroatoms. The number of fused-ring (bicyclic) bond motifs is 1. The number of nitrogens with zero attached hydrogens (tertiary/aromatic N) is 5. The molecular weight excluding hydrogens is 300 g/mol. The molecule has 1 aliphatic carbocycles. The van der Waals surface area contributed by atoms with Gasteiger partial charge in [-0.1, -0.05) is 0 Å². The van der Waals surface area contributed by atoms with E-state index in [1.54, 1.807) is 12.4 Å². The number of aryl methyl sites for hydroxylation is 1.